The summed E-state index contributed by atoms with van der Waals surface area (Å²) < 4.78 is 26.1. The lowest BCUT2D eigenvalue weighted by Gasteiger charge is -2.17. The number of benzene rings is 2. The third-order valence-electron chi connectivity index (χ3n) is 3.02. The van der Waals surface area contributed by atoms with Crippen LogP contribution in [0.25, 0.3) is 0 Å². The van der Waals surface area contributed by atoms with Crippen LogP contribution in [-0.4, -0.2) is 6.04 Å². The Morgan fingerprint density at radius 1 is 1.05 bits per heavy atom. The number of rotatable bonds is 4. The van der Waals surface area contributed by atoms with E-state index in [1.807, 2.05) is 19.9 Å². The summed E-state index contributed by atoms with van der Waals surface area (Å²) in [4.78, 5) is 0. The van der Waals surface area contributed by atoms with Gasteiger partial charge in [0.1, 0.15) is 11.6 Å². The molecule has 0 aliphatic carbocycles. The van der Waals surface area contributed by atoms with E-state index in [-0.39, 0.29) is 17.7 Å². The summed E-state index contributed by atoms with van der Waals surface area (Å²) >= 11 is 0. The zero-order chi connectivity index (χ0) is 13.8. The highest BCUT2D eigenvalue weighted by molar-refractivity contribution is 5.51. The Bertz CT molecular complexity index is 566. The van der Waals surface area contributed by atoms with Gasteiger partial charge in [-0.2, -0.15) is 0 Å². The Hall–Kier alpha value is -1.90. The van der Waals surface area contributed by atoms with E-state index in [2.05, 4.69) is 5.32 Å². The average Bonchev–Trinajstić information content (AvgIpc) is 2.33. The van der Waals surface area contributed by atoms with Gasteiger partial charge in [0.15, 0.2) is 0 Å². The first-order valence-corrected chi connectivity index (χ1v) is 6.32. The fourth-order valence-corrected chi connectivity index (χ4v) is 2.12. The highest BCUT2D eigenvalue weighted by Gasteiger charge is 2.06. The lowest BCUT2D eigenvalue weighted by molar-refractivity contribution is 0.623. The minimum Gasteiger partial charge on any atom is -0.382 e. The Balaban J connectivity index is 2.03. The van der Waals surface area contributed by atoms with Crippen LogP contribution in [0.4, 0.5) is 14.5 Å². The SMILES string of the molecule is Cc1cc(F)ccc1NC(C)Cc1cccc(F)c1. The Morgan fingerprint density at radius 2 is 1.79 bits per heavy atom. The molecule has 0 saturated carbocycles. The summed E-state index contributed by atoms with van der Waals surface area (Å²) in [7, 11) is 0. The standard InChI is InChI=1S/C16H17F2N/c1-11-8-15(18)6-7-16(11)19-12(2)9-13-4-3-5-14(17)10-13/h3-8,10,12,19H,9H2,1-2H3. The zero-order valence-electron chi connectivity index (χ0n) is 11.1. The van der Waals surface area contributed by atoms with Crippen molar-refractivity contribution >= 4 is 5.69 Å². The number of nitrogens with one attached hydrogen (secondary N) is 1. The van der Waals surface area contributed by atoms with Crippen molar-refractivity contribution in [1.29, 1.82) is 0 Å². The number of anilines is 1. The molecule has 2 aromatic carbocycles. The second kappa shape index (κ2) is 5.83. The molecule has 1 nitrogen and oxygen atoms in total. The van der Waals surface area contributed by atoms with Crippen molar-refractivity contribution in [2.24, 2.45) is 0 Å². The van der Waals surface area contributed by atoms with Gasteiger partial charge in [-0.1, -0.05) is 12.1 Å². The third-order valence-corrected chi connectivity index (χ3v) is 3.02. The van der Waals surface area contributed by atoms with Crippen LogP contribution in [0.2, 0.25) is 0 Å². The van der Waals surface area contributed by atoms with Crippen LogP contribution in [0, 0.1) is 18.6 Å². The lowest BCUT2D eigenvalue weighted by Crippen LogP contribution is -2.18. The highest BCUT2D eigenvalue weighted by atomic mass is 19.1. The molecule has 1 N–H and O–H groups in total. The molecule has 0 spiro atoms. The van der Waals surface area contributed by atoms with Gasteiger partial charge in [0.25, 0.3) is 0 Å². The molecule has 0 aliphatic rings. The van der Waals surface area contributed by atoms with Crippen molar-refractivity contribution in [3.05, 3.63) is 65.2 Å². The smallest absolute Gasteiger partial charge is 0.123 e. The zero-order valence-corrected chi connectivity index (χ0v) is 11.1. The van der Waals surface area contributed by atoms with Crippen molar-refractivity contribution in [3.8, 4) is 0 Å². The first-order chi connectivity index (χ1) is 9.04. The summed E-state index contributed by atoms with van der Waals surface area (Å²) in [6.07, 6.45) is 0.717. The van der Waals surface area contributed by atoms with Gasteiger partial charge in [0.05, 0.1) is 0 Å². The van der Waals surface area contributed by atoms with E-state index >= 15 is 0 Å². The Labute approximate surface area is 112 Å². The van der Waals surface area contributed by atoms with E-state index < -0.39 is 0 Å². The fourth-order valence-electron chi connectivity index (χ4n) is 2.12. The quantitative estimate of drug-likeness (QED) is 0.864. The van der Waals surface area contributed by atoms with Crippen LogP contribution < -0.4 is 5.32 Å². The van der Waals surface area contributed by atoms with Crippen molar-refractivity contribution in [3.63, 3.8) is 0 Å². The second-order valence-corrected chi connectivity index (χ2v) is 4.84. The Kier molecular flexibility index (Phi) is 4.15. The van der Waals surface area contributed by atoms with Gasteiger partial charge in [0, 0.05) is 11.7 Å². The third kappa shape index (κ3) is 3.78. The molecule has 0 aliphatic heterocycles. The van der Waals surface area contributed by atoms with E-state index in [1.54, 1.807) is 12.1 Å². The molecule has 0 amide bonds. The lowest BCUT2D eigenvalue weighted by atomic mass is 10.1. The normalized spacial score (nSPS) is 12.2. The Morgan fingerprint density at radius 3 is 2.47 bits per heavy atom. The highest BCUT2D eigenvalue weighted by Crippen LogP contribution is 2.18. The maximum atomic E-state index is 13.1. The summed E-state index contributed by atoms with van der Waals surface area (Å²) in [5.41, 5.74) is 2.72. The molecule has 3 heteroatoms. The molecule has 1 unspecified atom stereocenters. The van der Waals surface area contributed by atoms with E-state index in [1.165, 1.54) is 24.3 Å². The topological polar surface area (TPSA) is 12.0 Å². The van der Waals surface area contributed by atoms with Crippen LogP contribution in [0.1, 0.15) is 18.1 Å². The van der Waals surface area contributed by atoms with Crippen molar-refractivity contribution in [2.75, 3.05) is 5.32 Å². The van der Waals surface area contributed by atoms with Gasteiger partial charge in [-0.05, 0) is 61.7 Å². The second-order valence-electron chi connectivity index (χ2n) is 4.84. The van der Waals surface area contributed by atoms with Gasteiger partial charge in [-0.15, -0.1) is 0 Å². The van der Waals surface area contributed by atoms with E-state index in [0.29, 0.717) is 6.42 Å². The average molecular weight is 261 g/mol. The first-order valence-electron chi connectivity index (χ1n) is 6.32. The van der Waals surface area contributed by atoms with Gasteiger partial charge in [0.2, 0.25) is 0 Å². The maximum Gasteiger partial charge on any atom is 0.123 e. The molecule has 100 valence electrons. The molecule has 0 radical (unpaired) electrons. The number of hydrogen-bond acceptors (Lipinski definition) is 1. The summed E-state index contributed by atoms with van der Waals surface area (Å²) in [6, 6.07) is 11.4. The molecule has 2 rings (SSSR count). The van der Waals surface area contributed by atoms with Crippen LogP contribution >= 0.6 is 0 Å². The summed E-state index contributed by atoms with van der Waals surface area (Å²) in [5.74, 6) is -0.455. The molecule has 0 heterocycles. The van der Waals surface area contributed by atoms with E-state index in [4.69, 9.17) is 0 Å². The van der Waals surface area contributed by atoms with E-state index in [0.717, 1.165) is 16.8 Å². The predicted octanol–water partition coefficient (Wildman–Crippen LogP) is 4.32. The minimum atomic E-state index is -0.235. The monoisotopic (exact) mass is 261 g/mol. The van der Waals surface area contributed by atoms with Crippen LogP contribution in [-0.2, 0) is 6.42 Å². The van der Waals surface area contributed by atoms with Crippen molar-refractivity contribution in [2.45, 2.75) is 26.3 Å². The van der Waals surface area contributed by atoms with Gasteiger partial charge >= 0.3 is 0 Å². The predicted molar refractivity (Wildman–Crippen MR) is 74.3 cm³/mol. The molecule has 1 atom stereocenters. The van der Waals surface area contributed by atoms with Crippen molar-refractivity contribution in [1.82, 2.24) is 0 Å². The first kappa shape index (κ1) is 13.5. The van der Waals surface area contributed by atoms with Crippen molar-refractivity contribution < 1.29 is 8.78 Å². The molecular formula is C16H17F2N. The molecule has 0 saturated heterocycles. The van der Waals surface area contributed by atoms with Gasteiger partial charge in [-0.25, -0.2) is 8.78 Å². The molecule has 2 aromatic rings. The summed E-state index contributed by atoms with van der Waals surface area (Å²) in [6.45, 7) is 3.88. The molecule has 19 heavy (non-hydrogen) atoms. The number of hydrogen-bond donors (Lipinski definition) is 1. The molecule has 0 aromatic heterocycles. The largest absolute Gasteiger partial charge is 0.382 e. The molecular weight excluding hydrogens is 244 g/mol. The van der Waals surface area contributed by atoms with Gasteiger partial charge in [-0.3, -0.25) is 0 Å². The van der Waals surface area contributed by atoms with Crippen LogP contribution in [0.5, 0.6) is 0 Å². The minimum absolute atomic E-state index is 0.144. The molecule has 0 fully saturated rings. The fraction of sp³-hybridized carbons (Fsp3) is 0.250. The van der Waals surface area contributed by atoms with Crippen LogP contribution in [0.3, 0.4) is 0 Å². The number of aryl methyl sites for hydroxylation is 1. The number of halogens is 2. The van der Waals surface area contributed by atoms with E-state index in [9.17, 15) is 8.78 Å². The maximum absolute atomic E-state index is 13.1. The van der Waals surface area contributed by atoms with Gasteiger partial charge < -0.3 is 5.32 Å². The summed E-state index contributed by atoms with van der Waals surface area (Å²) in [5, 5.41) is 3.32. The molecule has 0 bridgehead atoms. The van der Waals surface area contributed by atoms with Crippen LogP contribution in [0.15, 0.2) is 42.5 Å².